The average Bonchev–Trinajstić information content (AvgIpc) is 3.30. The van der Waals surface area contributed by atoms with Gasteiger partial charge in [-0.2, -0.15) is 0 Å². The van der Waals surface area contributed by atoms with Crippen LogP contribution in [0.4, 0.5) is 0 Å². The molecule has 8 atom stereocenters. The Morgan fingerprint density at radius 3 is 2.77 bits per heavy atom. The van der Waals surface area contributed by atoms with E-state index in [1.54, 1.807) is 30.1 Å². The van der Waals surface area contributed by atoms with Crippen LogP contribution in [0.1, 0.15) is 95.3 Å². The Balaban J connectivity index is 1.19. The highest BCUT2D eigenvalue weighted by Crippen LogP contribution is 2.67. The number of allylic oxidation sites excluding steroid dienone is 1. The number of hydrogen-bond acceptors (Lipinski definition) is 6. The molecule has 6 heteroatoms. The molecule has 0 amide bonds. The monoisotopic (exact) mass is 536 g/mol. The van der Waals surface area contributed by atoms with Crippen molar-refractivity contribution in [3.63, 3.8) is 0 Å². The Morgan fingerprint density at radius 2 is 2.00 bits per heavy atom. The molecule has 5 rings (SSSR count). The number of carbonyl (C=O) groups is 2. The minimum Gasteiger partial charge on any atom is -0.469 e. The molecule has 6 nitrogen and oxygen atoms in total. The van der Waals surface area contributed by atoms with Gasteiger partial charge in [-0.1, -0.05) is 32.4 Å². The zero-order valence-corrected chi connectivity index (χ0v) is 24.4. The SMILES string of the molecule is COC(=O)CCCNC[C@@H](C)[C@H]1CC[C@H]2[C@@H]3CC=C4C[C@@H](OC(=O)c5cccnc5)CC[C@]4(C)[C@H]3CC[C@]12C. The number of nitrogens with one attached hydrogen (secondary N) is 1. The van der Waals surface area contributed by atoms with Crippen molar-refractivity contribution < 1.29 is 19.1 Å². The number of aromatic nitrogens is 1. The number of pyridine rings is 1. The number of fused-ring (bicyclic) bond motifs is 5. The van der Waals surface area contributed by atoms with Crippen LogP contribution in [0.2, 0.25) is 0 Å². The molecule has 0 aliphatic heterocycles. The van der Waals surface area contributed by atoms with E-state index in [-0.39, 0.29) is 23.5 Å². The molecule has 0 bridgehead atoms. The zero-order valence-electron chi connectivity index (χ0n) is 24.4. The lowest BCUT2D eigenvalue weighted by molar-refractivity contribution is -0.140. The summed E-state index contributed by atoms with van der Waals surface area (Å²) in [4.78, 5) is 28.1. The van der Waals surface area contributed by atoms with Gasteiger partial charge in [0.25, 0.3) is 0 Å². The summed E-state index contributed by atoms with van der Waals surface area (Å²) in [5.74, 6) is 3.36. The highest BCUT2D eigenvalue weighted by molar-refractivity contribution is 5.89. The van der Waals surface area contributed by atoms with Gasteiger partial charge in [0.05, 0.1) is 12.7 Å². The normalized spacial score (nSPS) is 36.1. The third-order valence-electron chi connectivity index (χ3n) is 11.4. The predicted molar refractivity (Wildman–Crippen MR) is 152 cm³/mol. The van der Waals surface area contributed by atoms with Crippen molar-refractivity contribution in [1.82, 2.24) is 10.3 Å². The van der Waals surface area contributed by atoms with E-state index in [1.807, 2.05) is 0 Å². The molecule has 0 saturated heterocycles. The van der Waals surface area contributed by atoms with Crippen LogP contribution in [-0.4, -0.2) is 43.2 Å². The van der Waals surface area contributed by atoms with Gasteiger partial charge in [0, 0.05) is 25.2 Å². The Hall–Kier alpha value is -2.21. The fourth-order valence-corrected chi connectivity index (χ4v) is 9.34. The first-order valence-electron chi connectivity index (χ1n) is 15.3. The summed E-state index contributed by atoms with van der Waals surface area (Å²) in [5, 5.41) is 3.63. The molecule has 3 fully saturated rings. The molecule has 4 aliphatic carbocycles. The van der Waals surface area contributed by atoms with E-state index in [2.05, 4.69) is 37.1 Å². The lowest BCUT2D eigenvalue weighted by Crippen LogP contribution is -2.51. The maximum atomic E-state index is 12.7. The highest BCUT2D eigenvalue weighted by atomic mass is 16.5. The quantitative estimate of drug-likeness (QED) is 0.225. The largest absolute Gasteiger partial charge is 0.469 e. The Labute approximate surface area is 234 Å². The van der Waals surface area contributed by atoms with Crippen molar-refractivity contribution in [2.75, 3.05) is 20.2 Å². The number of rotatable bonds is 9. The first kappa shape index (κ1) is 28.3. The molecule has 1 heterocycles. The average molecular weight is 537 g/mol. The smallest absolute Gasteiger partial charge is 0.339 e. The molecule has 1 aromatic rings. The van der Waals surface area contributed by atoms with Crippen LogP contribution in [0.15, 0.2) is 36.2 Å². The van der Waals surface area contributed by atoms with Gasteiger partial charge in [-0.25, -0.2) is 4.79 Å². The summed E-state index contributed by atoms with van der Waals surface area (Å²) in [5.41, 5.74) is 2.75. The molecule has 214 valence electrons. The molecule has 3 saturated carbocycles. The van der Waals surface area contributed by atoms with Crippen molar-refractivity contribution in [3.05, 3.63) is 41.7 Å². The van der Waals surface area contributed by atoms with E-state index in [4.69, 9.17) is 9.47 Å². The molecule has 39 heavy (non-hydrogen) atoms. The van der Waals surface area contributed by atoms with Crippen molar-refractivity contribution in [2.45, 2.75) is 91.1 Å². The lowest BCUT2D eigenvalue weighted by atomic mass is 9.47. The maximum absolute atomic E-state index is 12.7. The number of hydrogen-bond donors (Lipinski definition) is 1. The number of esters is 2. The number of nitrogens with zero attached hydrogens (tertiary/aromatic N) is 1. The molecular weight excluding hydrogens is 488 g/mol. The second-order valence-electron chi connectivity index (χ2n) is 13.4. The predicted octanol–water partition coefficient (Wildman–Crippen LogP) is 6.36. The number of methoxy groups -OCH3 is 1. The number of ether oxygens (including phenoxy) is 2. The van der Waals surface area contributed by atoms with Gasteiger partial charge in [0.2, 0.25) is 0 Å². The molecule has 1 N–H and O–H groups in total. The zero-order chi connectivity index (χ0) is 27.6. The van der Waals surface area contributed by atoms with Crippen LogP contribution in [0.5, 0.6) is 0 Å². The van der Waals surface area contributed by atoms with Crippen molar-refractivity contribution in [1.29, 1.82) is 0 Å². The molecule has 0 aromatic carbocycles. The minimum absolute atomic E-state index is 0.0285. The lowest BCUT2D eigenvalue weighted by Gasteiger charge is -2.58. The second kappa shape index (κ2) is 11.7. The van der Waals surface area contributed by atoms with Crippen molar-refractivity contribution in [3.8, 4) is 0 Å². The van der Waals surface area contributed by atoms with Crippen LogP contribution in [0, 0.1) is 40.4 Å². The van der Waals surface area contributed by atoms with E-state index in [0.29, 0.717) is 23.3 Å². The van der Waals surface area contributed by atoms with E-state index in [9.17, 15) is 9.59 Å². The molecular formula is C33H48N2O4. The fraction of sp³-hybridized carbons (Fsp3) is 0.727. The standard InChI is InChI=1S/C33H48N2O4/c1-22(20-34-18-6-8-30(36)38-4)27-11-12-28-26-10-9-24-19-25(39-31(37)23-7-5-17-35-21-23)13-15-32(24,2)29(26)14-16-33(27,28)3/h5,7,9,17,21-22,25-29,34H,6,8,10-16,18-20H2,1-4H3/t22-,25+,26+,27-,28+,29+,32+,33-/m1/s1. The number of carbonyl (C=O) groups excluding carboxylic acids is 2. The van der Waals surface area contributed by atoms with Gasteiger partial charge in [-0.3, -0.25) is 9.78 Å². The summed E-state index contributed by atoms with van der Waals surface area (Å²) in [6, 6.07) is 3.57. The summed E-state index contributed by atoms with van der Waals surface area (Å²) < 4.78 is 10.7. The van der Waals surface area contributed by atoms with Gasteiger partial charge < -0.3 is 14.8 Å². The third-order valence-corrected chi connectivity index (χ3v) is 11.4. The van der Waals surface area contributed by atoms with Crippen LogP contribution in [-0.2, 0) is 14.3 Å². The molecule has 0 radical (unpaired) electrons. The summed E-state index contributed by atoms with van der Waals surface area (Å²) >= 11 is 0. The van der Waals surface area contributed by atoms with E-state index in [1.165, 1.54) is 39.2 Å². The molecule has 0 spiro atoms. The van der Waals surface area contributed by atoms with Crippen LogP contribution >= 0.6 is 0 Å². The Bertz CT molecular complexity index is 1060. The summed E-state index contributed by atoms with van der Waals surface area (Å²) in [6.45, 7) is 9.47. The Morgan fingerprint density at radius 1 is 1.15 bits per heavy atom. The van der Waals surface area contributed by atoms with Crippen LogP contribution in [0.25, 0.3) is 0 Å². The minimum atomic E-state index is -0.247. The Kier molecular flexibility index (Phi) is 8.51. The molecule has 4 aliphatic rings. The summed E-state index contributed by atoms with van der Waals surface area (Å²) in [6.07, 6.45) is 16.6. The highest BCUT2D eigenvalue weighted by Gasteiger charge is 2.59. The van der Waals surface area contributed by atoms with Gasteiger partial charge in [-0.05, 0) is 117 Å². The molecule has 1 aromatic heterocycles. The van der Waals surface area contributed by atoms with Gasteiger partial charge in [0.15, 0.2) is 0 Å². The molecule has 0 unspecified atom stereocenters. The van der Waals surface area contributed by atoms with Gasteiger partial charge in [-0.15, -0.1) is 0 Å². The van der Waals surface area contributed by atoms with E-state index < -0.39 is 0 Å². The van der Waals surface area contributed by atoms with E-state index in [0.717, 1.165) is 62.4 Å². The topological polar surface area (TPSA) is 77.5 Å². The van der Waals surface area contributed by atoms with Crippen molar-refractivity contribution in [2.24, 2.45) is 40.4 Å². The van der Waals surface area contributed by atoms with Crippen LogP contribution in [0.3, 0.4) is 0 Å². The third kappa shape index (κ3) is 5.55. The van der Waals surface area contributed by atoms with Gasteiger partial charge in [0.1, 0.15) is 6.10 Å². The maximum Gasteiger partial charge on any atom is 0.339 e. The van der Waals surface area contributed by atoms with Gasteiger partial charge >= 0.3 is 11.9 Å². The first-order valence-corrected chi connectivity index (χ1v) is 15.3. The van der Waals surface area contributed by atoms with Crippen LogP contribution < -0.4 is 5.32 Å². The fourth-order valence-electron chi connectivity index (χ4n) is 9.34. The summed E-state index contributed by atoms with van der Waals surface area (Å²) in [7, 11) is 1.46. The second-order valence-corrected chi connectivity index (χ2v) is 13.4. The van der Waals surface area contributed by atoms with E-state index >= 15 is 0 Å². The first-order chi connectivity index (χ1) is 18.8. The van der Waals surface area contributed by atoms with Crippen molar-refractivity contribution >= 4 is 11.9 Å².